The maximum absolute atomic E-state index is 4.76. The monoisotopic (exact) mass is 264 g/mol. The molecule has 3 aromatic rings. The van der Waals surface area contributed by atoms with Gasteiger partial charge in [0.1, 0.15) is 11.3 Å². The molecule has 0 fully saturated rings. The first-order valence-electron chi connectivity index (χ1n) is 7.05. The summed E-state index contributed by atoms with van der Waals surface area (Å²) in [7, 11) is 0. The molecule has 4 heteroatoms. The van der Waals surface area contributed by atoms with E-state index in [1.54, 1.807) is 0 Å². The van der Waals surface area contributed by atoms with Crippen molar-refractivity contribution in [2.24, 2.45) is 0 Å². The van der Waals surface area contributed by atoms with E-state index in [0.717, 1.165) is 36.5 Å². The van der Waals surface area contributed by atoms with Gasteiger partial charge in [-0.05, 0) is 49.2 Å². The third-order valence-electron chi connectivity index (χ3n) is 3.89. The number of nitrogens with one attached hydrogen (secondary N) is 1. The Morgan fingerprint density at radius 1 is 1.30 bits per heavy atom. The smallest absolute Gasteiger partial charge is 0.160 e. The molecule has 4 nitrogen and oxygen atoms in total. The Morgan fingerprint density at radius 3 is 3.15 bits per heavy atom. The molecule has 20 heavy (non-hydrogen) atoms. The van der Waals surface area contributed by atoms with E-state index >= 15 is 0 Å². The molecule has 0 aliphatic carbocycles. The lowest BCUT2D eigenvalue weighted by Crippen LogP contribution is -1.98. The summed E-state index contributed by atoms with van der Waals surface area (Å²) in [5, 5.41) is 3.39. The molecule has 1 aromatic carbocycles. The molecule has 0 spiro atoms. The normalized spacial score (nSPS) is 13.4. The lowest BCUT2D eigenvalue weighted by atomic mass is 10.1. The maximum atomic E-state index is 4.76. The number of hydrogen-bond donors (Lipinski definition) is 1. The van der Waals surface area contributed by atoms with E-state index in [1.807, 2.05) is 18.3 Å². The highest BCUT2D eigenvalue weighted by Crippen LogP contribution is 2.29. The minimum atomic E-state index is 0.873. The van der Waals surface area contributed by atoms with Crippen LogP contribution in [0.4, 0.5) is 5.69 Å². The summed E-state index contributed by atoms with van der Waals surface area (Å²) in [5.41, 5.74) is 5.73. The molecule has 0 saturated carbocycles. The average Bonchev–Trinajstić information content (AvgIpc) is 3.10. The van der Waals surface area contributed by atoms with E-state index in [9.17, 15) is 0 Å². The highest BCUT2D eigenvalue weighted by atomic mass is 15.1. The Balaban J connectivity index is 1.93. The zero-order valence-electron chi connectivity index (χ0n) is 11.4. The van der Waals surface area contributed by atoms with Gasteiger partial charge in [-0.15, -0.1) is 0 Å². The summed E-state index contributed by atoms with van der Waals surface area (Å²) in [6.45, 7) is 4.04. The second-order valence-electron chi connectivity index (χ2n) is 5.07. The number of nitrogens with zero attached hydrogens (tertiary/aromatic N) is 3. The largest absolute Gasteiger partial charge is 0.384 e. The number of aromatic nitrogens is 3. The van der Waals surface area contributed by atoms with Gasteiger partial charge in [0.2, 0.25) is 0 Å². The lowest BCUT2D eigenvalue weighted by molar-refractivity contribution is 0.787. The van der Waals surface area contributed by atoms with Crippen LogP contribution < -0.4 is 5.32 Å². The molecule has 0 bridgehead atoms. The van der Waals surface area contributed by atoms with Crippen LogP contribution in [0.1, 0.15) is 12.5 Å². The van der Waals surface area contributed by atoms with Crippen LogP contribution in [0, 0.1) is 0 Å². The van der Waals surface area contributed by atoms with Crippen LogP contribution in [0.2, 0.25) is 0 Å². The van der Waals surface area contributed by atoms with Gasteiger partial charge in [-0.1, -0.05) is 0 Å². The van der Waals surface area contributed by atoms with Crippen molar-refractivity contribution >= 4 is 16.9 Å². The summed E-state index contributed by atoms with van der Waals surface area (Å²) in [6.07, 6.45) is 2.92. The van der Waals surface area contributed by atoms with Crippen LogP contribution >= 0.6 is 0 Å². The van der Waals surface area contributed by atoms with E-state index in [0.29, 0.717) is 0 Å². The number of fused-ring (bicyclic) bond motifs is 2. The highest BCUT2D eigenvalue weighted by molar-refractivity contribution is 5.78. The van der Waals surface area contributed by atoms with Gasteiger partial charge < -0.3 is 9.88 Å². The molecule has 0 radical (unpaired) electrons. The Bertz CT molecular complexity index is 788. The third-order valence-corrected chi connectivity index (χ3v) is 3.89. The molecule has 1 aliphatic rings. The van der Waals surface area contributed by atoms with Crippen molar-refractivity contribution in [3.05, 3.63) is 42.1 Å². The standard InChI is InChI=1S/C16H16N4/c1-2-20-15(19-14-4-3-8-18-16(14)20)12-5-6-13-11(10-12)7-9-17-13/h3-6,8,10,17H,2,7,9H2,1H3. The van der Waals surface area contributed by atoms with Crippen molar-refractivity contribution < 1.29 is 0 Å². The first-order chi connectivity index (χ1) is 9.86. The van der Waals surface area contributed by atoms with Gasteiger partial charge in [0.15, 0.2) is 5.65 Å². The lowest BCUT2D eigenvalue weighted by Gasteiger charge is -2.07. The van der Waals surface area contributed by atoms with E-state index in [2.05, 4.69) is 40.0 Å². The first-order valence-corrected chi connectivity index (χ1v) is 7.05. The van der Waals surface area contributed by atoms with Crippen molar-refractivity contribution in [2.75, 3.05) is 11.9 Å². The molecule has 100 valence electrons. The van der Waals surface area contributed by atoms with Crippen LogP contribution in [-0.4, -0.2) is 21.1 Å². The molecule has 0 atom stereocenters. The van der Waals surface area contributed by atoms with Gasteiger partial charge in [0, 0.05) is 30.5 Å². The topological polar surface area (TPSA) is 42.7 Å². The summed E-state index contributed by atoms with van der Waals surface area (Å²) < 4.78 is 2.18. The highest BCUT2D eigenvalue weighted by Gasteiger charge is 2.15. The zero-order chi connectivity index (χ0) is 13.5. The SMILES string of the molecule is CCn1c(-c2ccc3c(c2)CCN3)nc2cccnc21. The Hall–Kier alpha value is -2.36. The average molecular weight is 264 g/mol. The van der Waals surface area contributed by atoms with Crippen molar-refractivity contribution in [2.45, 2.75) is 19.9 Å². The van der Waals surface area contributed by atoms with Crippen LogP contribution in [-0.2, 0) is 13.0 Å². The Labute approximate surface area is 117 Å². The van der Waals surface area contributed by atoms with Gasteiger partial charge >= 0.3 is 0 Å². The predicted octanol–water partition coefficient (Wildman–Crippen LogP) is 3.09. The molecular formula is C16H16N4. The van der Waals surface area contributed by atoms with Crippen molar-refractivity contribution in [3.63, 3.8) is 0 Å². The number of aryl methyl sites for hydroxylation is 1. The van der Waals surface area contributed by atoms with Gasteiger partial charge in [0.25, 0.3) is 0 Å². The molecule has 0 amide bonds. The first kappa shape index (κ1) is 11.5. The van der Waals surface area contributed by atoms with Crippen molar-refractivity contribution in [1.82, 2.24) is 14.5 Å². The predicted molar refractivity (Wildman–Crippen MR) is 80.8 cm³/mol. The van der Waals surface area contributed by atoms with Crippen LogP contribution in [0.25, 0.3) is 22.6 Å². The second kappa shape index (κ2) is 4.34. The zero-order valence-corrected chi connectivity index (χ0v) is 11.4. The Morgan fingerprint density at radius 2 is 2.25 bits per heavy atom. The van der Waals surface area contributed by atoms with Gasteiger partial charge in [0.05, 0.1) is 0 Å². The summed E-state index contributed by atoms with van der Waals surface area (Å²) >= 11 is 0. The fourth-order valence-electron chi connectivity index (χ4n) is 2.92. The van der Waals surface area contributed by atoms with E-state index in [-0.39, 0.29) is 0 Å². The van der Waals surface area contributed by atoms with E-state index < -0.39 is 0 Å². The third kappa shape index (κ3) is 1.61. The van der Waals surface area contributed by atoms with Gasteiger partial charge in [-0.25, -0.2) is 9.97 Å². The van der Waals surface area contributed by atoms with Crippen molar-refractivity contribution in [3.8, 4) is 11.4 Å². The van der Waals surface area contributed by atoms with E-state index in [4.69, 9.17) is 4.98 Å². The number of benzene rings is 1. The Kier molecular flexibility index (Phi) is 2.49. The maximum Gasteiger partial charge on any atom is 0.160 e. The molecular weight excluding hydrogens is 248 g/mol. The minimum absolute atomic E-state index is 0.873. The van der Waals surface area contributed by atoms with E-state index in [1.165, 1.54) is 16.8 Å². The number of rotatable bonds is 2. The van der Waals surface area contributed by atoms with Gasteiger partial charge in [-0.3, -0.25) is 0 Å². The fraction of sp³-hybridized carbons (Fsp3) is 0.250. The number of pyridine rings is 1. The summed E-state index contributed by atoms with van der Waals surface area (Å²) in [4.78, 5) is 9.22. The van der Waals surface area contributed by atoms with Crippen molar-refractivity contribution in [1.29, 1.82) is 0 Å². The molecule has 3 heterocycles. The number of imidazole rings is 1. The molecule has 0 saturated heterocycles. The quantitative estimate of drug-likeness (QED) is 0.773. The fourth-order valence-corrected chi connectivity index (χ4v) is 2.92. The molecule has 0 unspecified atom stereocenters. The van der Waals surface area contributed by atoms with Crippen LogP contribution in [0.5, 0.6) is 0 Å². The molecule has 4 rings (SSSR count). The molecule has 1 N–H and O–H groups in total. The minimum Gasteiger partial charge on any atom is -0.384 e. The number of anilines is 1. The summed E-state index contributed by atoms with van der Waals surface area (Å²) in [6, 6.07) is 10.5. The number of hydrogen-bond acceptors (Lipinski definition) is 3. The van der Waals surface area contributed by atoms with Gasteiger partial charge in [-0.2, -0.15) is 0 Å². The van der Waals surface area contributed by atoms with Crippen LogP contribution in [0.15, 0.2) is 36.5 Å². The molecule has 2 aromatic heterocycles. The molecule has 1 aliphatic heterocycles. The second-order valence-corrected chi connectivity index (χ2v) is 5.07. The van der Waals surface area contributed by atoms with Crippen LogP contribution in [0.3, 0.4) is 0 Å². The summed E-state index contributed by atoms with van der Waals surface area (Å²) in [5.74, 6) is 1.01.